The number of thiazole rings is 1. The van der Waals surface area contributed by atoms with Gasteiger partial charge in [0.05, 0.1) is 22.8 Å². The summed E-state index contributed by atoms with van der Waals surface area (Å²) in [6.45, 7) is 4.29. The fourth-order valence-corrected chi connectivity index (χ4v) is 5.46. The van der Waals surface area contributed by atoms with Crippen LogP contribution in [0.15, 0.2) is 18.3 Å². The number of halogens is 1. The lowest BCUT2D eigenvalue weighted by atomic mass is 9.99. The van der Waals surface area contributed by atoms with Crippen molar-refractivity contribution in [3.8, 4) is 0 Å². The molecule has 3 atom stereocenters. The molecule has 14 heteroatoms. The Morgan fingerprint density at radius 3 is 2.78 bits per heavy atom. The monoisotopic (exact) mass is 551 g/mol. The van der Waals surface area contributed by atoms with Gasteiger partial charge in [-0.25, -0.2) is 9.97 Å². The predicted molar refractivity (Wildman–Crippen MR) is 137 cm³/mol. The number of piperidine rings is 1. The molecular weight excluding hydrogens is 522 g/mol. The molecule has 0 spiro atoms. The summed E-state index contributed by atoms with van der Waals surface area (Å²) >= 11 is 7.16. The van der Waals surface area contributed by atoms with Crippen LogP contribution in [-0.2, 0) is 27.3 Å². The average Bonchev–Trinajstić information content (AvgIpc) is 3.30. The third kappa shape index (κ3) is 7.00. The van der Waals surface area contributed by atoms with Crippen molar-refractivity contribution in [2.45, 2.75) is 44.8 Å². The number of nitrogens with one attached hydrogen (secondary N) is 3. The summed E-state index contributed by atoms with van der Waals surface area (Å²) < 4.78 is 5.30. The molecule has 2 aromatic rings. The van der Waals surface area contributed by atoms with E-state index in [1.807, 2.05) is 7.05 Å². The Balaban J connectivity index is 1.44. The maximum Gasteiger partial charge on any atom is 0.314 e. The van der Waals surface area contributed by atoms with E-state index in [1.54, 1.807) is 17.9 Å². The molecule has 0 aromatic carbocycles. The summed E-state index contributed by atoms with van der Waals surface area (Å²) in [4.78, 5) is 51.7. The van der Waals surface area contributed by atoms with Crippen LogP contribution in [0.3, 0.4) is 0 Å². The number of hydrogen-bond acceptors (Lipinski definition) is 10. The Bertz CT molecular complexity index is 1130. The number of carbonyl (C=O) groups excluding carboxylic acids is 3. The highest BCUT2D eigenvalue weighted by atomic mass is 35.5. The highest BCUT2D eigenvalue weighted by Crippen LogP contribution is 2.25. The summed E-state index contributed by atoms with van der Waals surface area (Å²) in [6, 6.07) is 1.85. The smallest absolute Gasteiger partial charge is 0.314 e. The van der Waals surface area contributed by atoms with E-state index >= 15 is 0 Å². The van der Waals surface area contributed by atoms with Gasteiger partial charge in [-0.15, -0.1) is 11.3 Å². The molecule has 2 aromatic heterocycles. The number of nitrogens with zero attached hydrogens (tertiary/aromatic N) is 4. The maximum absolute atomic E-state index is 13.1. The molecule has 12 nitrogen and oxygen atoms in total. The van der Waals surface area contributed by atoms with Crippen LogP contribution in [0.5, 0.6) is 0 Å². The molecule has 4 heterocycles. The highest BCUT2D eigenvalue weighted by molar-refractivity contribution is 7.13. The molecule has 4 rings (SSSR count). The Labute approximate surface area is 223 Å². The molecule has 0 radical (unpaired) electrons. The van der Waals surface area contributed by atoms with Crippen LogP contribution in [-0.4, -0.2) is 94.4 Å². The van der Waals surface area contributed by atoms with Crippen molar-refractivity contribution >= 4 is 46.5 Å². The first-order valence-electron chi connectivity index (χ1n) is 12.0. The summed E-state index contributed by atoms with van der Waals surface area (Å²) in [7, 11) is 2.02. The minimum atomic E-state index is -1.15. The number of likely N-dealkylation sites (N-methyl/N-ethyl adjacent to an activating group) is 1. The third-order valence-corrected chi connectivity index (χ3v) is 7.50. The number of amides is 3. The molecular formula is C23H30ClN7O5S. The zero-order valence-electron chi connectivity index (χ0n) is 20.6. The Morgan fingerprint density at radius 2 is 2.05 bits per heavy atom. The fourth-order valence-electron chi connectivity index (χ4n) is 4.26. The first-order valence-corrected chi connectivity index (χ1v) is 13.2. The van der Waals surface area contributed by atoms with Crippen molar-refractivity contribution in [3.05, 3.63) is 38.9 Å². The molecule has 2 aliphatic rings. The Morgan fingerprint density at radius 1 is 1.24 bits per heavy atom. The van der Waals surface area contributed by atoms with E-state index in [-0.39, 0.29) is 18.3 Å². The minimum absolute atomic E-state index is 0.183. The second-order valence-corrected chi connectivity index (χ2v) is 10.4. The van der Waals surface area contributed by atoms with Crippen molar-refractivity contribution in [1.82, 2.24) is 30.4 Å². The number of carbonyl (C=O) groups is 3. The summed E-state index contributed by atoms with van der Waals surface area (Å²) in [5, 5.41) is 19.2. The first kappa shape index (κ1) is 27.4. The van der Waals surface area contributed by atoms with Crippen molar-refractivity contribution < 1.29 is 24.2 Å². The number of anilines is 1. The lowest BCUT2D eigenvalue weighted by Crippen LogP contribution is -2.63. The van der Waals surface area contributed by atoms with E-state index < -0.39 is 30.3 Å². The second-order valence-electron chi connectivity index (χ2n) is 8.92. The van der Waals surface area contributed by atoms with Gasteiger partial charge in [0.1, 0.15) is 5.82 Å². The molecule has 1 saturated heterocycles. The molecule has 1 fully saturated rings. The van der Waals surface area contributed by atoms with Crippen LogP contribution in [0, 0.1) is 0 Å². The summed E-state index contributed by atoms with van der Waals surface area (Å²) in [6.07, 6.45) is 1.35. The van der Waals surface area contributed by atoms with E-state index in [0.29, 0.717) is 29.6 Å². The van der Waals surface area contributed by atoms with Crippen molar-refractivity contribution in [1.29, 1.82) is 0 Å². The number of pyridine rings is 1. The van der Waals surface area contributed by atoms with E-state index in [2.05, 4.69) is 30.8 Å². The molecule has 0 saturated carbocycles. The highest BCUT2D eigenvalue weighted by Gasteiger charge is 2.36. The molecule has 2 aliphatic heterocycles. The first-order chi connectivity index (χ1) is 17.7. The van der Waals surface area contributed by atoms with Crippen LogP contribution in [0.2, 0.25) is 5.02 Å². The average molecular weight is 552 g/mol. The number of aliphatic hydroxyl groups excluding tert-OH is 1. The molecule has 4 N–H and O–H groups in total. The van der Waals surface area contributed by atoms with E-state index in [1.165, 1.54) is 23.6 Å². The van der Waals surface area contributed by atoms with E-state index in [9.17, 15) is 19.5 Å². The van der Waals surface area contributed by atoms with Gasteiger partial charge in [0.25, 0.3) is 5.91 Å². The number of rotatable bonds is 7. The van der Waals surface area contributed by atoms with Crippen molar-refractivity contribution in [3.63, 3.8) is 0 Å². The molecule has 37 heavy (non-hydrogen) atoms. The molecule has 3 amide bonds. The number of likely N-dealkylation sites (tertiary alicyclic amines) is 1. The van der Waals surface area contributed by atoms with Gasteiger partial charge >= 0.3 is 11.8 Å². The summed E-state index contributed by atoms with van der Waals surface area (Å²) in [5.41, 5.74) is 0.933. The van der Waals surface area contributed by atoms with Crippen LogP contribution in [0.1, 0.15) is 33.7 Å². The lowest BCUT2D eigenvalue weighted by Gasteiger charge is -2.40. The van der Waals surface area contributed by atoms with Crippen LogP contribution < -0.4 is 16.0 Å². The Kier molecular flexibility index (Phi) is 9.05. The SMILES string of the molecule is CCOC(O)N1CC[C@H](NC(=O)C(=O)Nc2ccc(Cl)cn2)[C@H](NC(=O)c2nc3c(s2)CN(C)CC3)C1. The zero-order chi connectivity index (χ0) is 26.5. The van der Waals surface area contributed by atoms with E-state index in [4.69, 9.17) is 16.3 Å². The summed E-state index contributed by atoms with van der Waals surface area (Å²) in [5.74, 6) is -1.95. The molecule has 200 valence electrons. The van der Waals surface area contributed by atoms with E-state index in [0.717, 1.165) is 30.1 Å². The van der Waals surface area contributed by atoms with Gasteiger partial charge in [-0.1, -0.05) is 11.6 Å². The normalized spacial score (nSPS) is 21.1. The van der Waals surface area contributed by atoms with Crippen LogP contribution in [0.25, 0.3) is 0 Å². The topological polar surface area (TPSA) is 149 Å². The van der Waals surface area contributed by atoms with Gasteiger partial charge in [-0.3, -0.25) is 19.3 Å². The number of fused-ring (bicyclic) bond motifs is 1. The molecule has 0 aliphatic carbocycles. The van der Waals surface area contributed by atoms with Crippen molar-refractivity contribution in [2.24, 2.45) is 0 Å². The van der Waals surface area contributed by atoms with Gasteiger partial charge in [-0.05, 0) is 32.5 Å². The minimum Gasteiger partial charge on any atom is -0.356 e. The lowest BCUT2D eigenvalue weighted by molar-refractivity contribution is -0.197. The zero-order valence-corrected chi connectivity index (χ0v) is 22.1. The molecule has 1 unspecified atom stereocenters. The fraction of sp³-hybridized carbons (Fsp3) is 0.522. The van der Waals surface area contributed by atoms with Crippen LogP contribution in [0.4, 0.5) is 5.82 Å². The number of ether oxygens (including phenoxy) is 1. The Hall–Kier alpha value is -2.68. The molecule has 0 bridgehead atoms. The third-order valence-electron chi connectivity index (χ3n) is 6.20. The van der Waals surface area contributed by atoms with Gasteiger partial charge in [0.2, 0.25) is 6.41 Å². The number of aliphatic hydroxyl groups is 1. The number of aromatic nitrogens is 2. The van der Waals surface area contributed by atoms with Crippen LogP contribution >= 0.6 is 22.9 Å². The quantitative estimate of drug-likeness (QED) is 0.284. The predicted octanol–water partition coefficient (Wildman–Crippen LogP) is 0.419. The van der Waals surface area contributed by atoms with Crippen molar-refractivity contribution in [2.75, 3.05) is 38.6 Å². The van der Waals surface area contributed by atoms with Gasteiger partial charge in [0.15, 0.2) is 5.01 Å². The maximum atomic E-state index is 13.1. The van der Waals surface area contributed by atoms with Gasteiger partial charge in [0, 0.05) is 50.3 Å². The largest absolute Gasteiger partial charge is 0.356 e. The number of hydrogen-bond donors (Lipinski definition) is 4. The van der Waals surface area contributed by atoms with Gasteiger partial charge in [-0.2, -0.15) is 0 Å². The second kappa shape index (κ2) is 12.2. The standard InChI is InChI=1S/C23H30ClN7O5S/c1-3-36-23(35)31-9-7-14(26-19(32)20(33)29-18-5-4-13(24)10-25-18)16(11-31)27-21(34)22-28-15-6-8-30(2)12-17(15)37-22/h4-5,10,14,16,23,35H,3,6-9,11-12H2,1-2H3,(H,26,32)(H,27,34)(H,25,29,33)/t14-,16+,23?/m0/s1. The van der Waals surface area contributed by atoms with Gasteiger partial charge < -0.3 is 30.7 Å².